The molecule has 0 bridgehead atoms. The molecule has 0 saturated heterocycles. The van der Waals surface area contributed by atoms with Crippen LogP contribution in [0, 0.1) is 13.8 Å². The average Bonchev–Trinajstić information content (AvgIpc) is 2.68. The largest absolute Gasteiger partial charge is 0.316 e. The zero-order valence-corrected chi connectivity index (χ0v) is 11.9. The second-order valence-electron chi connectivity index (χ2n) is 3.98. The van der Waals surface area contributed by atoms with Crippen molar-refractivity contribution in [2.45, 2.75) is 29.6 Å². The topological polar surface area (TPSA) is 24.9 Å². The molecular weight excluding hydrogens is 248 g/mol. The van der Waals surface area contributed by atoms with E-state index in [9.17, 15) is 0 Å². The zero-order chi connectivity index (χ0) is 12.3. The molecule has 0 aliphatic carbocycles. The molecule has 17 heavy (non-hydrogen) atoms. The van der Waals surface area contributed by atoms with Gasteiger partial charge in [-0.1, -0.05) is 17.8 Å². The van der Waals surface area contributed by atoms with E-state index in [2.05, 4.69) is 40.8 Å². The Kier molecular flexibility index (Phi) is 4.20. The summed E-state index contributed by atoms with van der Waals surface area (Å²) in [6.45, 7) is 5.11. The molecule has 0 amide bonds. The Hall–Kier alpha value is -0.840. The third-order valence-corrected chi connectivity index (χ3v) is 4.53. The van der Waals surface area contributed by atoms with E-state index in [0.717, 1.165) is 16.6 Å². The quantitative estimate of drug-likeness (QED) is 0.913. The van der Waals surface area contributed by atoms with Gasteiger partial charge in [-0.3, -0.25) is 0 Å². The molecule has 1 aromatic carbocycles. The minimum atomic E-state index is 0.924. The van der Waals surface area contributed by atoms with Crippen molar-refractivity contribution in [1.82, 2.24) is 10.3 Å². The molecule has 1 heterocycles. The highest BCUT2D eigenvalue weighted by atomic mass is 32.2. The number of nitrogens with zero attached hydrogens (tertiary/aromatic N) is 1. The maximum atomic E-state index is 4.46. The van der Waals surface area contributed by atoms with Gasteiger partial charge in [-0.25, -0.2) is 4.98 Å². The number of thiazole rings is 1. The van der Waals surface area contributed by atoms with Crippen molar-refractivity contribution in [3.05, 3.63) is 40.4 Å². The highest BCUT2D eigenvalue weighted by Gasteiger charge is 2.04. The Morgan fingerprint density at radius 2 is 2.18 bits per heavy atom. The maximum absolute atomic E-state index is 4.46. The van der Waals surface area contributed by atoms with Gasteiger partial charge in [0.1, 0.15) is 0 Å². The van der Waals surface area contributed by atoms with E-state index in [1.165, 1.54) is 16.0 Å². The van der Waals surface area contributed by atoms with Gasteiger partial charge in [0.05, 0.1) is 0 Å². The molecule has 1 N–H and O–H groups in total. The number of benzene rings is 1. The van der Waals surface area contributed by atoms with E-state index in [4.69, 9.17) is 0 Å². The maximum Gasteiger partial charge on any atom is 0.154 e. The van der Waals surface area contributed by atoms with E-state index < -0.39 is 0 Å². The fourth-order valence-corrected chi connectivity index (χ4v) is 3.51. The lowest BCUT2D eigenvalue weighted by Crippen LogP contribution is -2.06. The van der Waals surface area contributed by atoms with Crippen LogP contribution in [0.1, 0.15) is 16.8 Å². The molecular formula is C13H16N2S2. The monoisotopic (exact) mass is 264 g/mol. The molecule has 90 valence electrons. The van der Waals surface area contributed by atoms with Crippen molar-refractivity contribution in [2.24, 2.45) is 0 Å². The summed E-state index contributed by atoms with van der Waals surface area (Å²) >= 11 is 3.44. The number of aromatic nitrogens is 1. The highest BCUT2D eigenvalue weighted by Crippen LogP contribution is 2.31. The van der Waals surface area contributed by atoms with Crippen LogP contribution in [0.3, 0.4) is 0 Å². The lowest BCUT2D eigenvalue weighted by molar-refractivity contribution is 0.811. The van der Waals surface area contributed by atoms with Gasteiger partial charge in [-0.15, -0.1) is 11.3 Å². The van der Waals surface area contributed by atoms with Gasteiger partial charge >= 0.3 is 0 Å². The molecule has 4 heteroatoms. The minimum Gasteiger partial charge on any atom is -0.316 e. The Bertz CT molecular complexity index is 506. The summed E-state index contributed by atoms with van der Waals surface area (Å²) < 4.78 is 1.11. The van der Waals surface area contributed by atoms with Crippen molar-refractivity contribution < 1.29 is 0 Å². The molecule has 2 nitrogen and oxygen atoms in total. The molecule has 0 aliphatic heterocycles. The molecule has 0 radical (unpaired) electrons. The van der Waals surface area contributed by atoms with Crippen LogP contribution in [0.15, 0.2) is 32.8 Å². The number of nitrogens with one attached hydrogen (secondary N) is 1. The summed E-state index contributed by atoms with van der Waals surface area (Å²) in [6.07, 6.45) is 0. The Morgan fingerprint density at radius 3 is 2.76 bits per heavy atom. The van der Waals surface area contributed by atoms with Crippen molar-refractivity contribution in [3.8, 4) is 0 Å². The molecule has 2 rings (SSSR count). The lowest BCUT2D eigenvalue weighted by atomic mass is 10.1. The fourth-order valence-electron chi connectivity index (χ4n) is 1.60. The van der Waals surface area contributed by atoms with Gasteiger partial charge in [0, 0.05) is 22.5 Å². The predicted octanol–water partition coefficient (Wildman–Crippen LogP) is 3.63. The van der Waals surface area contributed by atoms with Gasteiger partial charge in [0.15, 0.2) is 4.34 Å². The van der Waals surface area contributed by atoms with Crippen molar-refractivity contribution >= 4 is 23.1 Å². The molecule has 0 unspecified atom stereocenters. The summed E-state index contributed by atoms with van der Waals surface area (Å²) in [6, 6.07) is 6.59. The normalized spacial score (nSPS) is 10.8. The number of aryl methyl sites for hydroxylation is 2. The third-order valence-electron chi connectivity index (χ3n) is 2.48. The molecule has 0 saturated carbocycles. The molecule has 0 fully saturated rings. The second kappa shape index (κ2) is 5.67. The first kappa shape index (κ1) is 12.6. The second-order valence-corrected chi connectivity index (χ2v) is 6.15. The summed E-state index contributed by atoms with van der Waals surface area (Å²) in [7, 11) is 1.97. The zero-order valence-electron chi connectivity index (χ0n) is 10.3. The number of hydrogen-bond acceptors (Lipinski definition) is 4. The van der Waals surface area contributed by atoms with Crippen LogP contribution < -0.4 is 5.32 Å². The van der Waals surface area contributed by atoms with Crippen LogP contribution in [-0.4, -0.2) is 12.0 Å². The summed E-state index contributed by atoms with van der Waals surface area (Å²) in [4.78, 5) is 5.72. The standard InChI is InChI=1S/C13H16N2S2/c1-9-6-12(5-4-11(9)7-14-3)17-13-15-10(2)8-16-13/h4-6,8,14H,7H2,1-3H3. The Balaban J connectivity index is 2.14. The van der Waals surface area contributed by atoms with E-state index >= 15 is 0 Å². The van der Waals surface area contributed by atoms with Gasteiger partial charge < -0.3 is 5.32 Å². The average molecular weight is 264 g/mol. The van der Waals surface area contributed by atoms with Crippen molar-refractivity contribution in [3.63, 3.8) is 0 Å². The van der Waals surface area contributed by atoms with Crippen LogP contribution in [-0.2, 0) is 6.54 Å². The summed E-state index contributed by atoms with van der Waals surface area (Å²) in [5.74, 6) is 0. The fraction of sp³-hybridized carbons (Fsp3) is 0.308. The number of rotatable bonds is 4. The van der Waals surface area contributed by atoms with Gasteiger partial charge in [-0.05, 0) is 44.2 Å². The first-order chi connectivity index (χ1) is 8.19. The molecule has 2 aromatic rings. The van der Waals surface area contributed by atoms with E-state index in [-0.39, 0.29) is 0 Å². The first-order valence-electron chi connectivity index (χ1n) is 5.53. The molecule has 0 spiro atoms. The Morgan fingerprint density at radius 1 is 1.35 bits per heavy atom. The smallest absolute Gasteiger partial charge is 0.154 e. The van der Waals surface area contributed by atoms with E-state index in [1.54, 1.807) is 23.1 Å². The lowest BCUT2D eigenvalue weighted by Gasteiger charge is -2.06. The first-order valence-corrected chi connectivity index (χ1v) is 7.23. The predicted molar refractivity (Wildman–Crippen MR) is 74.9 cm³/mol. The van der Waals surface area contributed by atoms with Gasteiger partial charge in [0.25, 0.3) is 0 Å². The third kappa shape index (κ3) is 3.31. The van der Waals surface area contributed by atoms with Gasteiger partial charge in [0.2, 0.25) is 0 Å². The SMILES string of the molecule is CNCc1ccc(Sc2nc(C)cs2)cc1C. The highest BCUT2D eigenvalue weighted by molar-refractivity contribution is 8.01. The van der Waals surface area contributed by atoms with Crippen LogP contribution in [0.4, 0.5) is 0 Å². The van der Waals surface area contributed by atoms with E-state index in [1.807, 2.05) is 14.0 Å². The minimum absolute atomic E-state index is 0.924. The van der Waals surface area contributed by atoms with Crippen LogP contribution >= 0.6 is 23.1 Å². The van der Waals surface area contributed by atoms with E-state index in [0.29, 0.717) is 0 Å². The van der Waals surface area contributed by atoms with Crippen LogP contribution in [0.5, 0.6) is 0 Å². The molecule has 1 aromatic heterocycles. The molecule has 0 atom stereocenters. The number of hydrogen-bond donors (Lipinski definition) is 1. The van der Waals surface area contributed by atoms with Crippen molar-refractivity contribution in [1.29, 1.82) is 0 Å². The summed E-state index contributed by atoms with van der Waals surface area (Å²) in [5, 5.41) is 5.27. The van der Waals surface area contributed by atoms with Crippen LogP contribution in [0.2, 0.25) is 0 Å². The molecule has 0 aliphatic rings. The van der Waals surface area contributed by atoms with Crippen molar-refractivity contribution in [2.75, 3.05) is 7.05 Å². The summed E-state index contributed by atoms with van der Waals surface area (Å²) in [5.41, 5.74) is 3.78. The van der Waals surface area contributed by atoms with Gasteiger partial charge in [-0.2, -0.15) is 0 Å². The van der Waals surface area contributed by atoms with Crippen LogP contribution in [0.25, 0.3) is 0 Å². The Labute approximate surface area is 110 Å².